The van der Waals surface area contributed by atoms with E-state index < -0.39 is 65.8 Å². The lowest BCUT2D eigenvalue weighted by Gasteiger charge is -2.32. The van der Waals surface area contributed by atoms with Crippen LogP contribution in [-0.2, 0) is 24.0 Å². The van der Waals surface area contributed by atoms with Gasteiger partial charge in [-0.25, -0.2) is 0 Å². The number of carbonyl (C=O) groups excluding carboxylic acids is 6. The molecule has 1 aromatic heterocycles. The molecule has 0 aliphatic carbocycles. The molecule has 4 rings (SSSR count). The summed E-state index contributed by atoms with van der Waals surface area (Å²) in [5, 5.41) is 14.2. The third-order valence-electron chi connectivity index (χ3n) is 8.72. The van der Waals surface area contributed by atoms with Gasteiger partial charge in [0.1, 0.15) is 24.2 Å². The summed E-state index contributed by atoms with van der Waals surface area (Å²) in [6.07, 6.45) is 2.15. The third-order valence-corrected chi connectivity index (χ3v) is 9.36. The maximum Gasteiger partial charge on any atom is 0.251 e. The van der Waals surface area contributed by atoms with Gasteiger partial charge in [-0.05, 0) is 69.2 Å². The van der Waals surface area contributed by atoms with Gasteiger partial charge in [0, 0.05) is 29.5 Å². The second-order valence-corrected chi connectivity index (χ2v) is 14.1. The first-order chi connectivity index (χ1) is 23.3. The Kier molecular flexibility index (Phi) is 12.8. The van der Waals surface area contributed by atoms with Crippen molar-refractivity contribution in [1.82, 2.24) is 36.5 Å². The molecule has 49 heavy (non-hydrogen) atoms. The van der Waals surface area contributed by atoms with Crippen LogP contribution < -0.4 is 26.6 Å². The Hall–Kier alpha value is -4.46. The summed E-state index contributed by atoms with van der Waals surface area (Å²) >= 11 is 1.52. The van der Waals surface area contributed by atoms with Crippen molar-refractivity contribution in [2.45, 2.75) is 90.1 Å². The second-order valence-electron chi connectivity index (χ2n) is 13.1. The first-order valence-corrected chi connectivity index (χ1v) is 18.0. The molecule has 2 saturated heterocycles. The SMILES string of the molecule is CSCC[C@@H]1NC(=O)C[C@@H](c2ccccc2)NC(=O)[C@H](C)NC(=O)[C@@H]2C[C@H](NC(=O)c3cc(C)nc(C)c3)CN2C(=O)[C@H](C(C)C)NC1=O. The van der Waals surface area contributed by atoms with E-state index in [1.807, 2.05) is 12.3 Å². The average molecular weight is 694 g/mol. The quantitative estimate of drug-likeness (QED) is 0.290. The molecule has 5 N–H and O–H groups in total. The standard InChI is InChI=1S/C35H47N7O6S/c1-19(2)30-35(48)42-18-25(38-32(45)24-14-20(3)36-21(4)15-24)16-28(42)34(47)37-22(5)31(44)40-27(23-10-8-7-9-11-23)17-29(43)39-26(12-13-49-6)33(46)41-30/h7-11,14-15,19,22,25-28,30H,12-13,16-18H2,1-6H3,(H,37,47)(H,38,45)(H,39,43)(H,40,44)(H,41,46)/t22-,25-,26-,27-,28-,30-/m0/s1. The summed E-state index contributed by atoms with van der Waals surface area (Å²) in [6, 6.07) is 6.97. The van der Waals surface area contributed by atoms with E-state index in [2.05, 4.69) is 31.6 Å². The van der Waals surface area contributed by atoms with Gasteiger partial charge in [0.25, 0.3) is 5.91 Å². The molecule has 2 aliphatic heterocycles. The van der Waals surface area contributed by atoms with Crippen molar-refractivity contribution in [3.8, 4) is 0 Å². The van der Waals surface area contributed by atoms with Crippen LogP contribution >= 0.6 is 11.8 Å². The lowest BCUT2D eigenvalue weighted by molar-refractivity contribution is -0.143. The molecule has 2 aliphatic rings. The normalized spacial score (nSPS) is 25.6. The zero-order valence-electron chi connectivity index (χ0n) is 28.9. The van der Waals surface area contributed by atoms with Crippen LogP contribution in [0.15, 0.2) is 42.5 Å². The molecule has 6 atom stereocenters. The van der Waals surface area contributed by atoms with Crippen molar-refractivity contribution in [2.24, 2.45) is 5.92 Å². The van der Waals surface area contributed by atoms with Crippen LogP contribution in [0.25, 0.3) is 0 Å². The number of rotatable bonds is 7. The smallest absolute Gasteiger partial charge is 0.251 e. The van der Waals surface area contributed by atoms with Crippen molar-refractivity contribution >= 4 is 47.2 Å². The minimum atomic E-state index is -1.03. The van der Waals surface area contributed by atoms with Gasteiger partial charge in [-0.15, -0.1) is 0 Å². The number of carbonyl (C=O) groups is 6. The first-order valence-electron chi connectivity index (χ1n) is 16.6. The monoisotopic (exact) mass is 693 g/mol. The lowest BCUT2D eigenvalue weighted by Crippen LogP contribution is -2.59. The molecule has 0 radical (unpaired) electrons. The van der Waals surface area contributed by atoms with Crippen molar-refractivity contribution in [1.29, 1.82) is 0 Å². The number of hydrogen-bond acceptors (Lipinski definition) is 8. The highest BCUT2D eigenvalue weighted by atomic mass is 32.2. The minimum absolute atomic E-state index is 0.00803. The number of benzene rings is 1. The molecule has 3 heterocycles. The summed E-state index contributed by atoms with van der Waals surface area (Å²) < 4.78 is 0. The van der Waals surface area contributed by atoms with E-state index in [9.17, 15) is 28.8 Å². The first kappa shape index (κ1) is 37.4. The Bertz CT molecular complexity index is 1530. The van der Waals surface area contributed by atoms with E-state index in [4.69, 9.17) is 0 Å². The maximum absolute atomic E-state index is 14.2. The fraction of sp³-hybridized carbons (Fsp3) is 0.514. The number of amides is 6. The molecule has 14 heteroatoms. The van der Waals surface area contributed by atoms with Gasteiger partial charge in [-0.2, -0.15) is 11.8 Å². The molecular formula is C35H47N7O6S. The zero-order valence-corrected chi connectivity index (χ0v) is 29.7. The summed E-state index contributed by atoms with van der Waals surface area (Å²) in [5.74, 6) is -2.75. The van der Waals surface area contributed by atoms with E-state index in [1.54, 1.807) is 64.1 Å². The summed E-state index contributed by atoms with van der Waals surface area (Å²) in [4.78, 5) is 87.6. The molecule has 0 bridgehead atoms. The van der Waals surface area contributed by atoms with Crippen molar-refractivity contribution in [2.75, 3.05) is 18.6 Å². The Balaban J connectivity index is 1.68. The topological polar surface area (TPSA) is 179 Å². The molecule has 2 fully saturated rings. The maximum atomic E-state index is 14.2. The summed E-state index contributed by atoms with van der Waals surface area (Å²) in [7, 11) is 0. The highest BCUT2D eigenvalue weighted by Gasteiger charge is 2.44. The van der Waals surface area contributed by atoms with Crippen LogP contribution in [0.2, 0.25) is 0 Å². The van der Waals surface area contributed by atoms with Gasteiger partial charge < -0.3 is 31.5 Å². The van der Waals surface area contributed by atoms with Gasteiger partial charge in [0.05, 0.1) is 12.5 Å². The molecule has 13 nitrogen and oxygen atoms in total. The van der Waals surface area contributed by atoms with E-state index in [-0.39, 0.29) is 31.2 Å². The molecule has 264 valence electrons. The van der Waals surface area contributed by atoms with E-state index >= 15 is 0 Å². The number of nitrogens with zero attached hydrogens (tertiary/aromatic N) is 2. The van der Waals surface area contributed by atoms with Gasteiger partial charge in [-0.3, -0.25) is 33.8 Å². The molecule has 0 unspecified atom stereocenters. The largest absolute Gasteiger partial charge is 0.347 e. The van der Waals surface area contributed by atoms with Crippen molar-refractivity contribution in [3.63, 3.8) is 0 Å². The molecule has 1 aromatic carbocycles. The Morgan fingerprint density at radius 1 is 0.959 bits per heavy atom. The zero-order chi connectivity index (χ0) is 35.8. The average Bonchev–Trinajstić information content (AvgIpc) is 3.48. The van der Waals surface area contributed by atoms with Crippen LogP contribution in [0.3, 0.4) is 0 Å². The predicted molar refractivity (Wildman–Crippen MR) is 186 cm³/mol. The molecule has 0 saturated carbocycles. The predicted octanol–water partition coefficient (Wildman–Crippen LogP) is 1.54. The third kappa shape index (κ3) is 9.80. The van der Waals surface area contributed by atoms with E-state index in [0.29, 0.717) is 34.7 Å². The van der Waals surface area contributed by atoms with Gasteiger partial charge >= 0.3 is 0 Å². The molecular weight excluding hydrogens is 646 g/mol. The molecule has 2 aromatic rings. The number of aryl methyl sites for hydroxylation is 2. The highest BCUT2D eigenvalue weighted by Crippen LogP contribution is 2.23. The van der Waals surface area contributed by atoms with Crippen LogP contribution in [-0.4, -0.2) is 94.1 Å². The van der Waals surface area contributed by atoms with E-state index in [1.165, 1.54) is 23.6 Å². The van der Waals surface area contributed by atoms with Crippen LogP contribution in [0.5, 0.6) is 0 Å². The van der Waals surface area contributed by atoms with Crippen molar-refractivity contribution < 1.29 is 28.8 Å². The summed E-state index contributed by atoms with van der Waals surface area (Å²) in [6.45, 7) is 8.69. The van der Waals surface area contributed by atoms with Crippen molar-refractivity contribution in [3.05, 3.63) is 65.0 Å². The van der Waals surface area contributed by atoms with Gasteiger partial charge in [-0.1, -0.05) is 44.2 Å². The fourth-order valence-corrected chi connectivity index (χ4v) is 6.64. The number of fused-ring (bicyclic) bond motifs is 1. The Labute approximate surface area is 291 Å². The molecule has 0 spiro atoms. The van der Waals surface area contributed by atoms with Crippen LogP contribution in [0.4, 0.5) is 0 Å². The van der Waals surface area contributed by atoms with Gasteiger partial charge in [0.2, 0.25) is 29.5 Å². The fourth-order valence-electron chi connectivity index (χ4n) is 6.17. The Morgan fingerprint density at radius 3 is 2.27 bits per heavy atom. The lowest BCUT2D eigenvalue weighted by atomic mass is 10.0. The number of thioether (sulfide) groups is 1. The number of aromatic nitrogens is 1. The number of hydrogen-bond donors (Lipinski definition) is 5. The molecule has 6 amide bonds. The number of nitrogens with one attached hydrogen (secondary N) is 5. The minimum Gasteiger partial charge on any atom is -0.347 e. The van der Waals surface area contributed by atoms with Crippen LogP contribution in [0.1, 0.15) is 73.4 Å². The highest BCUT2D eigenvalue weighted by molar-refractivity contribution is 7.98. The number of pyridine rings is 1. The second kappa shape index (κ2) is 16.8. The van der Waals surface area contributed by atoms with E-state index in [0.717, 1.165) is 0 Å². The summed E-state index contributed by atoms with van der Waals surface area (Å²) in [5.41, 5.74) is 2.45. The van der Waals surface area contributed by atoms with Gasteiger partial charge in [0.15, 0.2) is 0 Å². The Morgan fingerprint density at radius 2 is 1.63 bits per heavy atom. The van der Waals surface area contributed by atoms with Crippen LogP contribution in [0, 0.1) is 19.8 Å².